The van der Waals surface area contributed by atoms with Crippen molar-refractivity contribution in [1.29, 1.82) is 0 Å². The third-order valence-corrected chi connectivity index (χ3v) is 6.47. The minimum Gasteiger partial charge on any atom is -0.272 e. The quantitative estimate of drug-likeness (QED) is 0.443. The Morgan fingerprint density at radius 2 is 1.65 bits per heavy atom. The van der Waals surface area contributed by atoms with E-state index in [0.29, 0.717) is 5.06 Å². The van der Waals surface area contributed by atoms with E-state index in [1.54, 1.807) is 0 Å². The van der Waals surface area contributed by atoms with Gasteiger partial charge in [-0.25, -0.2) is 0 Å². The zero-order valence-corrected chi connectivity index (χ0v) is 13.1. The third-order valence-electron chi connectivity index (χ3n) is 4.01. The lowest BCUT2D eigenvalue weighted by Gasteiger charge is -2.28. The predicted molar refractivity (Wildman–Crippen MR) is 75.5 cm³/mol. The summed E-state index contributed by atoms with van der Waals surface area (Å²) in [5, 5.41) is 0.983. The van der Waals surface area contributed by atoms with E-state index < -0.39 is 33.4 Å². The summed E-state index contributed by atoms with van der Waals surface area (Å²) in [6.45, 7) is 3.48. The molecule has 4 atom stereocenters. The SMILES string of the molecule is C=CCON1C(=O)[C@@H]2[C@@H](C1=O)[C@]1(Cl)C[C@]2(Cl)C(Cl)=C1Cl. The summed E-state index contributed by atoms with van der Waals surface area (Å²) in [7, 11) is 0. The molecular weight excluding hydrogens is 348 g/mol. The monoisotopic (exact) mass is 355 g/mol. The molecule has 2 bridgehead atoms. The number of hydrogen-bond donors (Lipinski definition) is 0. The average Bonchev–Trinajstić information content (AvgIpc) is 2.86. The molecule has 0 radical (unpaired) electrons. The fourth-order valence-corrected chi connectivity index (χ4v) is 5.13. The van der Waals surface area contributed by atoms with E-state index in [4.69, 9.17) is 51.2 Å². The van der Waals surface area contributed by atoms with E-state index in [2.05, 4.69) is 6.58 Å². The largest absolute Gasteiger partial charge is 0.272 e. The number of carbonyl (C=O) groups excluding carboxylic acids is 2. The molecule has 4 nitrogen and oxygen atoms in total. The molecule has 1 saturated carbocycles. The number of fused-ring (bicyclic) bond motifs is 5. The first-order valence-corrected chi connectivity index (χ1v) is 7.36. The molecule has 0 aromatic carbocycles. The maximum atomic E-state index is 12.4. The standard InChI is InChI=1S/C12H9Cl4NO3/c1-2-3-20-17-9(18)5-6(10(17)19)12(16)4-11(5,15)7(13)8(12)14/h2,5-6H,1,3-4H2/t5-,6-,11+,12+/m0/s1. The lowest BCUT2D eigenvalue weighted by Crippen LogP contribution is -2.38. The van der Waals surface area contributed by atoms with Gasteiger partial charge in [0.15, 0.2) is 0 Å². The topological polar surface area (TPSA) is 46.6 Å². The number of imide groups is 1. The molecule has 1 heterocycles. The molecule has 2 fully saturated rings. The van der Waals surface area contributed by atoms with Crippen molar-refractivity contribution in [2.24, 2.45) is 11.8 Å². The highest BCUT2D eigenvalue weighted by molar-refractivity contribution is 6.52. The number of nitrogens with zero attached hydrogens (tertiary/aromatic N) is 1. The van der Waals surface area contributed by atoms with Gasteiger partial charge in [-0.2, -0.15) is 5.06 Å². The fraction of sp³-hybridized carbons (Fsp3) is 0.500. The Morgan fingerprint density at radius 3 is 2.05 bits per heavy atom. The molecule has 108 valence electrons. The molecule has 1 saturated heterocycles. The summed E-state index contributed by atoms with van der Waals surface area (Å²) < 4.78 is 0. The van der Waals surface area contributed by atoms with Crippen LogP contribution in [0.5, 0.6) is 0 Å². The van der Waals surface area contributed by atoms with Crippen molar-refractivity contribution in [3.63, 3.8) is 0 Å². The van der Waals surface area contributed by atoms with Crippen LogP contribution in [0.2, 0.25) is 0 Å². The number of halogens is 4. The van der Waals surface area contributed by atoms with Crippen LogP contribution in [-0.2, 0) is 14.4 Å². The maximum Gasteiger partial charge on any atom is 0.259 e. The number of carbonyl (C=O) groups is 2. The van der Waals surface area contributed by atoms with E-state index in [9.17, 15) is 9.59 Å². The molecule has 3 rings (SSSR count). The lowest BCUT2D eigenvalue weighted by molar-refractivity contribution is -0.186. The van der Waals surface area contributed by atoms with Gasteiger partial charge in [0.2, 0.25) is 0 Å². The second-order valence-corrected chi connectivity index (χ2v) is 7.15. The van der Waals surface area contributed by atoms with Crippen LogP contribution >= 0.6 is 46.4 Å². The minimum atomic E-state index is -1.23. The van der Waals surface area contributed by atoms with Gasteiger partial charge in [0.25, 0.3) is 11.8 Å². The molecule has 0 aromatic heterocycles. The molecule has 20 heavy (non-hydrogen) atoms. The van der Waals surface area contributed by atoms with Crippen LogP contribution in [0.4, 0.5) is 0 Å². The first-order chi connectivity index (χ1) is 9.29. The normalized spacial score (nSPS) is 42.7. The molecule has 0 spiro atoms. The Bertz CT molecular complexity index is 535. The van der Waals surface area contributed by atoms with Gasteiger partial charge in [-0.05, 0) is 6.42 Å². The Hall–Kier alpha value is -0.260. The number of amides is 2. The van der Waals surface area contributed by atoms with Crippen molar-refractivity contribution in [1.82, 2.24) is 5.06 Å². The Labute approximate surface area is 135 Å². The van der Waals surface area contributed by atoms with Crippen LogP contribution in [0.1, 0.15) is 6.42 Å². The second-order valence-electron chi connectivity index (χ2n) is 5.04. The van der Waals surface area contributed by atoms with Crippen molar-refractivity contribution in [2.45, 2.75) is 16.2 Å². The Morgan fingerprint density at radius 1 is 1.20 bits per heavy atom. The zero-order valence-electron chi connectivity index (χ0n) is 10.0. The summed E-state index contributed by atoms with van der Waals surface area (Å²) in [5.41, 5.74) is 0. The van der Waals surface area contributed by atoms with Gasteiger partial charge >= 0.3 is 0 Å². The summed E-state index contributed by atoms with van der Waals surface area (Å²) in [6, 6.07) is 0. The van der Waals surface area contributed by atoms with Crippen LogP contribution in [0.25, 0.3) is 0 Å². The number of allylic oxidation sites excluding steroid dienone is 2. The lowest BCUT2D eigenvalue weighted by atomic mass is 9.84. The average molecular weight is 357 g/mol. The van der Waals surface area contributed by atoms with Gasteiger partial charge in [0.05, 0.1) is 38.3 Å². The number of alkyl halides is 2. The van der Waals surface area contributed by atoms with E-state index in [1.807, 2.05) is 0 Å². The highest BCUT2D eigenvalue weighted by Crippen LogP contribution is 2.69. The van der Waals surface area contributed by atoms with E-state index >= 15 is 0 Å². The number of hydroxylamine groups is 2. The molecule has 0 N–H and O–H groups in total. The molecular formula is C12H9Cl4NO3. The van der Waals surface area contributed by atoms with Crippen molar-refractivity contribution < 1.29 is 14.4 Å². The first kappa shape index (κ1) is 14.7. The van der Waals surface area contributed by atoms with Crippen molar-refractivity contribution >= 4 is 58.2 Å². The van der Waals surface area contributed by atoms with Crippen molar-refractivity contribution in [3.05, 3.63) is 22.7 Å². The van der Waals surface area contributed by atoms with Gasteiger partial charge < -0.3 is 0 Å². The molecule has 2 amide bonds. The summed E-state index contributed by atoms with van der Waals surface area (Å²) in [6.07, 6.45) is 1.58. The maximum absolute atomic E-state index is 12.4. The van der Waals surface area contributed by atoms with E-state index in [0.717, 1.165) is 0 Å². The molecule has 8 heteroatoms. The minimum absolute atomic E-state index is 0.0242. The van der Waals surface area contributed by atoms with Gasteiger partial charge in [0, 0.05) is 0 Å². The van der Waals surface area contributed by atoms with Crippen LogP contribution < -0.4 is 0 Å². The van der Waals surface area contributed by atoms with Gasteiger partial charge in [-0.15, -0.1) is 29.8 Å². The van der Waals surface area contributed by atoms with Gasteiger partial charge in [0.1, 0.15) is 0 Å². The van der Waals surface area contributed by atoms with Gasteiger partial charge in [-0.1, -0.05) is 29.3 Å². The van der Waals surface area contributed by atoms with Crippen molar-refractivity contribution in [3.8, 4) is 0 Å². The molecule has 1 aliphatic heterocycles. The van der Waals surface area contributed by atoms with Crippen LogP contribution in [-0.4, -0.2) is 33.2 Å². The fourth-order valence-electron chi connectivity index (χ4n) is 3.21. The Kier molecular flexibility index (Phi) is 3.20. The van der Waals surface area contributed by atoms with E-state index in [1.165, 1.54) is 6.08 Å². The predicted octanol–water partition coefficient (Wildman–Crippen LogP) is 2.77. The number of hydrogen-bond acceptors (Lipinski definition) is 3. The Balaban J connectivity index is 2.05. The second kappa shape index (κ2) is 4.37. The van der Waals surface area contributed by atoms with Gasteiger partial charge in [-0.3, -0.25) is 14.4 Å². The summed E-state index contributed by atoms with van der Waals surface area (Å²) in [4.78, 5) is 27.4. The summed E-state index contributed by atoms with van der Waals surface area (Å²) >= 11 is 25.1. The number of rotatable bonds is 3. The first-order valence-electron chi connectivity index (χ1n) is 5.84. The molecule has 2 aliphatic carbocycles. The van der Waals surface area contributed by atoms with Crippen LogP contribution in [0, 0.1) is 11.8 Å². The van der Waals surface area contributed by atoms with Crippen LogP contribution in [0.15, 0.2) is 22.7 Å². The highest BCUT2D eigenvalue weighted by Gasteiger charge is 2.76. The molecule has 3 aliphatic rings. The summed E-state index contributed by atoms with van der Waals surface area (Å²) in [5.74, 6) is -2.79. The highest BCUT2D eigenvalue weighted by atomic mass is 35.5. The smallest absolute Gasteiger partial charge is 0.259 e. The van der Waals surface area contributed by atoms with E-state index in [-0.39, 0.29) is 23.1 Å². The molecule has 0 aromatic rings. The van der Waals surface area contributed by atoms with Crippen molar-refractivity contribution in [2.75, 3.05) is 6.61 Å². The molecule has 0 unspecified atom stereocenters. The zero-order chi connectivity index (χ0) is 14.9. The third kappa shape index (κ3) is 1.49. The van der Waals surface area contributed by atoms with Crippen LogP contribution in [0.3, 0.4) is 0 Å².